The quantitative estimate of drug-likeness (QED) is 0.178. The Bertz CT molecular complexity index is 1970. The second kappa shape index (κ2) is 15.8. The number of rotatable bonds is 5. The van der Waals surface area contributed by atoms with E-state index in [9.17, 15) is 15.0 Å². The van der Waals surface area contributed by atoms with Gasteiger partial charge in [0.05, 0.1) is 23.5 Å². The van der Waals surface area contributed by atoms with Crippen LogP contribution < -0.4 is 10.1 Å². The number of esters is 1. The maximum absolute atomic E-state index is 15.6. The predicted octanol–water partition coefficient (Wildman–Crippen LogP) is 8.55. The summed E-state index contributed by atoms with van der Waals surface area (Å²) < 4.78 is 42.6. The summed E-state index contributed by atoms with van der Waals surface area (Å²) in [5, 5.41) is 13.2. The third-order valence-electron chi connectivity index (χ3n) is 9.62. The van der Waals surface area contributed by atoms with Gasteiger partial charge in [0.25, 0.3) is 0 Å². The fourth-order valence-electron chi connectivity index (χ4n) is 6.38. The molecule has 4 aromatic rings. The number of nitrogens with zero attached hydrogens (tertiary/aromatic N) is 1. The second-order valence-electron chi connectivity index (χ2n) is 13.9. The molecule has 2 unspecified atom stereocenters. The van der Waals surface area contributed by atoms with Crippen LogP contribution in [0.3, 0.4) is 0 Å². The van der Waals surface area contributed by atoms with Gasteiger partial charge in [0.2, 0.25) is 0 Å². The van der Waals surface area contributed by atoms with E-state index in [0.717, 1.165) is 16.5 Å². The maximum Gasteiger partial charge on any atom is 0.308 e. The van der Waals surface area contributed by atoms with Crippen LogP contribution in [-0.2, 0) is 32.6 Å². The Balaban J connectivity index is 1.60. The lowest BCUT2D eigenvalue weighted by Gasteiger charge is -2.31. The van der Waals surface area contributed by atoms with Crippen molar-refractivity contribution in [1.82, 2.24) is 10.3 Å². The number of ether oxygens (including phenoxy) is 2. The smallest absolute Gasteiger partial charge is 0.308 e. The van der Waals surface area contributed by atoms with Crippen molar-refractivity contribution in [3.63, 3.8) is 0 Å². The average Bonchev–Trinajstić information content (AvgIpc) is 3.57. The summed E-state index contributed by atoms with van der Waals surface area (Å²) in [7, 11) is 1.58. The standard InChI is InChI=1S/C40H46F2N4O4S/c1-7-49-37(48)24(2)19-25-9-8-10-26(20-25)40(5)16-13-34(47)39(3,4)23-51-18-15-29-28-14-17-45-33(28)22-32(42)35(29)50-27-11-12-31(41)30(21-27)36(44-6)46-38(40)43/h8-12,14,17,20-22,24,45H,7,13,15-16,18-19,23H2,1-6H3,(H2,43,44,46). The molecule has 0 saturated heterocycles. The number of fused-ring (bicyclic) bond motifs is 5. The number of ketones is 1. The Kier molecular flexibility index (Phi) is 11.7. The molecule has 2 heterocycles. The first-order chi connectivity index (χ1) is 24.3. The van der Waals surface area contributed by atoms with Gasteiger partial charge in [0.1, 0.15) is 29.0 Å². The van der Waals surface area contributed by atoms with E-state index in [0.29, 0.717) is 42.0 Å². The van der Waals surface area contributed by atoms with Gasteiger partial charge in [-0.3, -0.25) is 15.0 Å². The van der Waals surface area contributed by atoms with E-state index in [-0.39, 0.29) is 59.2 Å². The largest absolute Gasteiger partial charge is 0.466 e. The monoisotopic (exact) mass is 716 g/mol. The van der Waals surface area contributed by atoms with E-state index < -0.39 is 22.5 Å². The van der Waals surface area contributed by atoms with Crippen LogP contribution in [-0.4, -0.2) is 53.6 Å². The number of aromatic amines is 1. The van der Waals surface area contributed by atoms with Gasteiger partial charge in [-0.15, -0.1) is 0 Å². The average molecular weight is 717 g/mol. The van der Waals surface area contributed by atoms with Gasteiger partial charge < -0.3 is 19.8 Å². The molecule has 3 aromatic carbocycles. The van der Waals surface area contributed by atoms with Crippen molar-refractivity contribution in [2.45, 2.75) is 65.7 Å². The molecule has 0 saturated carbocycles. The third kappa shape index (κ3) is 8.35. The molecule has 5 rings (SSSR count). The zero-order valence-electron chi connectivity index (χ0n) is 30.0. The lowest BCUT2D eigenvalue weighted by molar-refractivity contribution is -0.147. The number of Topliss-reactive ketones (excluding diaryl/α,β-unsaturated/α-hetero) is 1. The van der Waals surface area contributed by atoms with Crippen LogP contribution in [0.4, 0.5) is 8.78 Å². The van der Waals surface area contributed by atoms with Gasteiger partial charge in [0, 0.05) is 53.4 Å². The first kappa shape index (κ1) is 37.7. The molecule has 0 spiro atoms. The number of amidine groups is 2. The Hall–Kier alpha value is -4.51. The third-order valence-corrected chi connectivity index (χ3v) is 11.0. The summed E-state index contributed by atoms with van der Waals surface area (Å²) in [6.45, 7) is 9.60. The molecule has 0 aliphatic carbocycles. The Morgan fingerprint density at radius 3 is 2.65 bits per heavy atom. The summed E-state index contributed by atoms with van der Waals surface area (Å²) in [5.41, 5.74) is 1.23. The first-order valence-electron chi connectivity index (χ1n) is 17.3. The molecule has 2 atom stereocenters. The van der Waals surface area contributed by atoms with E-state index in [1.54, 1.807) is 31.9 Å². The summed E-state index contributed by atoms with van der Waals surface area (Å²) in [6.07, 6.45) is 3.12. The number of aryl methyl sites for hydroxylation is 1. The fraction of sp³-hybridized carbons (Fsp3) is 0.400. The van der Waals surface area contributed by atoms with Crippen LogP contribution in [0.5, 0.6) is 11.5 Å². The number of aliphatic imine (C=N–C) groups is 1. The highest BCUT2D eigenvalue weighted by Gasteiger charge is 2.36. The molecule has 1 aliphatic rings. The molecule has 0 radical (unpaired) electrons. The normalized spacial score (nSPS) is 20.3. The number of carbonyl (C=O) groups is 2. The van der Waals surface area contributed by atoms with E-state index in [1.807, 2.05) is 58.0 Å². The zero-order valence-corrected chi connectivity index (χ0v) is 30.9. The van der Waals surface area contributed by atoms with E-state index >= 15 is 8.78 Å². The number of hydrogen-bond acceptors (Lipinski definition) is 7. The first-order valence-corrected chi connectivity index (χ1v) is 18.4. The number of aromatic nitrogens is 1. The minimum absolute atomic E-state index is 0.0395. The Morgan fingerprint density at radius 1 is 1.12 bits per heavy atom. The topological polar surface area (TPSA) is 117 Å². The Labute approximate surface area is 302 Å². The lowest BCUT2D eigenvalue weighted by Crippen LogP contribution is -2.36. The minimum Gasteiger partial charge on any atom is -0.466 e. The summed E-state index contributed by atoms with van der Waals surface area (Å²) in [6, 6.07) is 15.0. The van der Waals surface area contributed by atoms with Crippen LogP contribution in [0.15, 0.2) is 65.8 Å². The molecule has 0 amide bonds. The number of hydrogen-bond donors (Lipinski definition) is 3. The molecule has 11 heteroatoms. The molecule has 0 fully saturated rings. The molecular weight excluding hydrogens is 671 g/mol. The van der Waals surface area contributed by atoms with Gasteiger partial charge >= 0.3 is 5.97 Å². The van der Waals surface area contributed by atoms with Crippen LogP contribution in [0.25, 0.3) is 10.9 Å². The van der Waals surface area contributed by atoms with Gasteiger partial charge in [-0.2, -0.15) is 11.8 Å². The van der Waals surface area contributed by atoms with Gasteiger partial charge in [-0.05, 0) is 74.3 Å². The Morgan fingerprint density at radius 2 is 1.90 bits per heavy atom. The number of nitrogens with one attached hydrogen (secondary N) is 3. The van der Waals surface area contributed by atoms with Crippen molar-refractivity contribution in [1.29, 1.82) is 5.41 Å². The van der Waals surface area contributed by atoms with Crippen molar-refractivity contribution < 1.29 is 27.8 Å². The van der Waals surface area contributed by atoms with Crippen LogP contribution >= 0.6 is 11.8 Å². The molecule has 8 nitrogen and oxygen atoms in total. The second-order valence-corrected chi connectivity index (χ2v) is 15.0. The SMILES string of the molecule is CCOC(=O)C(C)Cc1cccc(C2(C)CCC(=O)C(C)(C)CSCCc3c(c(F)cc4[nH]ccc34)Oc3ccc(F)c(c3)/C(NC)=N/C2=N)c1. The van der Waals surface area contributed by atoms with Gasteiger partial charge in [-0.1, -0.05) is 45.0 Å². The highest BCUT2D eigenvalue weighted by atomic mass is 32.2. The zero-order chi connectivity index (χ0) is 36.9. The number of thioether (sulfide) groups is 1. The molecule has 1 aliphatic heterocycles. The molecule has 2 bridgehead atoms. The number of carbonyl (C=O) groups excluding carboxylic acids is 2. The van der Waals surface area contributed by atoms with Gasteiger partial charge in [-0.25, -0.2) is 13.8 Å². The van der Waals surface area contributed by atoms with Crippen LogP contribution in [0.1, 0.15) is 69.7 Å². The molecule has 51 heavy (non-hydrogen) atoms. The molecule has 3 N–H and O–H groups in total. The van der Waals surface area contributed by atoms with E-state index in [4.69, 9.17) is 9.47 Å². The summed E-state index contributed by atoms with van der Waals surface area (Å²) >= 11 is 1.61. The predicted molar refractivity (Wildman–Crippen MR) is 200 cm³/mol. The number of benzene rings is 3. The van der Waals surface area contributed by atoms with Crippen LogP contribution in [0.2, 0.25) is 0 Å². The van der Waals surface area contributed by atoms with Crippen LogP contribution in [0, 0.1) is 28.4 Å². The summed E-state index contributed by atoms with van der Waals surface area (Å²) in [4.78, 5) is 34.0. The summed E-state index contributed by atoms with van der Waals surface area (Å²) in [5.74, 6) is -0.366. The van der Waals surface area contributed by atoms with Crippen molar-refractivity contribution in [3.05, 3.63) is 94.7 Å². The fourth-order valence-corrected chi connectivity index (χ4v) is 7.55. The lowest BCUT2D eigenvalue weighted by atomic mass is 9.74. The van der Waals surface area contributed by atoms with Crippen molar-refractivity contribution in [2.75, 3.05) is 25.2 Å². The molecular formula is C40H46F2N4O4S. The minimum atomic E-state index is -1.07. The van der Waals surface area contributed by atoms with E-state index in [2.05, 4.69) is 15.3 Å². The molecule has 1 aromatic heterocycles. The van der Waals surface area contributed by atoms with Gasteiger partial charge in [0.15, 0.2) is 11.6 Å². The highest BCUT2D eigenvalue weighted by Crippen LogP contribution is 2.38. The number of H-pyrrole nitrogens is 1. The van der Waals surface area contributed by atoms with Crippen molar-refractivity contribution in [2.24, 2.45) is 16.3 Å². The van der Waals surface area contributed by atoms with E-state index in [1.165, 1.54) is 24.3 Å². The number of halogens is 2. The maximum atomic E-state index is 15.6. The molecule has 270 valence electrons. The highest BCUT2D eigenvalue weighted by molar-refractivity contribution is 7.99. The van der Waals surface area contributed by atoms with Crippen molar-refractivity contribution in [3.8, 4) is 11.5 Å². The van der Waals surface area contributed by atoms with Crippen molar-refractivity contribution >= 4 is 46.1 Å².